The summed E-state index contributed by atoms with van der Waals surface area (Å²) in [7, 11) is 0. The minimum Gasteiger partial charge on any atom is -0.364 e. The Balaban J connectivity index is 1.90. The van der Waals surface area contributed by atoms with Gasteiger partial charge >= 0.3 is 0 Å². The average Bonchev–Trinajstić information content (AvgIpc) is 2.50. The minimum absolute atomic E-state index is 0.0197. The molecule has 4 atom stereocenters. The van der Waals surface area contributed by atoms with Crippen molar-refractivity contribution in [2.24, 2.45) is 0 Å². The zero-order valence-corrected chi connectivity index (χ0v) is 4.95. The Bertz CT molecular complexity index is 145. The first-order valence-corrected chi connectivity index (χ1v) is 3.36. The zero-order valence-electron chi connectivity index (χ0n) is 4.95. The fourth-order valence-electron chi connectivity index (χ4n) is 1.61. The van der Waals surface area contributed by atoms with Crippen LogP contribution in [0.5, 0.6) is 0 Å². The van der Waals surface area contributed by atoms with Crippen molar-refractivity contribution < 1.29 is 14.2 Å². The van der Waals surface area contributed by atoms with Crippen molar-refractivity contribution in [3.8, 4) is 0 Å². The summed E-state index contributed by atoms with van der Waals surface area (Å²) in [6.45, 7) is 0.779. The van der Waals surface area contributed by atoms with Crippen LogP contribution in [0.2, 0.25) is 0 Å². The molecule has 3 fully saturated rings. The van der Waals surface area contributed by atoms with Gasteiger partial charge in [-0.3, -0.25) is 0 Å². The molecule has 0 radical (unpaired) electrons. The molecule has 0 aromatic rings. The quantitative estimate of drug-likeness (QED) is 0.427. The highest BCUT2D eigenvalue weighted by molar-refractivity contribution is 4.97. The topological polar surface area (TPSA) is 31.0 Å². The molecule has 0 spiro atoms. The molecule has 0 aliphatic carbocycles. The predicted molar refractivity (Wildman–Crippen MR) is 27.9 cm³/mol. The molecule has 0 aromatic carbocycles. The van der Waals surface area contributed by atoms with E-state index in [1.165, 1.54) is 0 Å². The van der Waals surface area contributed by atoms with Crippen molar-refractivity contribution >= 4 is 0 Å². The van der Waals surface area contributed by atoms with E-state index in [0.717, 1.165) is 13.0 Å². The van der Waals surface area contributed by atoms with E-state index in [1.807, 2.05) is 0 Å². The zero-order chi connectivity index (χ0) is 5.84. The Hall–Kier alpha value is -0.120. The van der Waals surface area contributed by atoms with Crippen molar-refractivity contribution in [1.82, 2.24) is 0 Å². The second-order valence-corrected chi connectivity index (χ2v) is 2.83. The molecular formula is C6H8O3. The molecule has 9 heavy (non-hydrogen) atoms. The molecule has 50 valence electrons. The lowest BCUT2D eigenvalue weighted by molar-refractivity contribution is -0.0784. The number of ether oxygens (including phenoxy) is 3. The van der Waals surface area contributed by atoms with Gasteiger partial charge in [0.05, 0.1) is 18.8 Å². The second kappa shape index (κ2) is 1.31. The van der Waals surface area contributed by atoms with Crippen LogP contribution in [-0.2, 0) is 14.2 Å². The maximum atomic E-state index is 5.40. The predicted octanol–water partition coefficient (Wildman–Crippen LogP) is -0.101. The van der Waals surface area contributed by atoms with Crippen LogP contribution >= 0.6 is 0 Å². The van der Waals surface area contributed by atoms with E-state index >= 15 is 0 Å². The van der Waals surface area contributed by atoms with Gasteiger partial charge in [-0.15, -0.1) is 0 Å². The maximum absolute atomic E-state index is 5.40. The highest BCUT2D eigenvalue weighted by Gasteiger charge is 2.55. The summed E-state index contributed by atoms with van der Waals surface area (Å²) >= 11 is 0. The molecule has 0 amide bonds. The molecule has 0 N–H and O–H groups in total. The lowest BCUT2D eigenvalue weighted by Crippen LogP contribution is -2.26. The van der Waals surface area contributed by atoms with Gasteiger partial charge in [0.1, 0.15) is 6.10 Å². The molecule has 0 aromatic heterocycles. The highest BCUT2D eigenvalue weighted by atomic mass is 16.8. The standard InChI is InChI=1S/C6H8O3/c1-3-2-7-6(8-3)5-4(1)9-5/h3-6H,1-2H2/t3-,4+,5+,6+/m1/s1. The van der Waals surface area contributed by atoms with E-state index < -0.39 is 0 Å². The van der Waals surface area contributed by atoms with Crippen molar-refractivity contribution in [2.75, 3.05) is 6.61 Å². The fourth-order valence-corrected chi connectivity index (χ4v) is 1.61. The SMILES string of the molecule is C1O[C@H]2O[C@@H]1C[C@@H]1O[C@H]21. The minimum atomic E-state index is -0.0197. The Kier molecular flexibility index (Phi) is 0.678. The van der Waals surface area contributed by atoms with Gasteiger partial charge in [-0.05, 0) is 0 Å². The van der Waals surface area contributed by atoms with Crippen LogP contribution in [0.1, 0.15) is 6.42 Å². The summed E-state index contributed by atoms with van der Waals surface area (Å²) < 4.78 is 15.9. The summed E-state index contributed by atoms with van der Waals surface area (Å²) in [5.41, 5.74) is 0. The van der Waals surface area contributed by atoms with Crippen LogP contribution in [0.4, 0.5) is 0 Å². The monoisotopic (exact) mass is 128 g/mol. The van der Waals surface area contributed by atoms with Crippen LogP contribution in [-0.4, -0.2) is 31.2 Å². The Morgan fingerprint density at radius 1 is 1.22 bits per heavy atom. The van der Waals surface area contributed by atoms with E-state index in [-0.39, 0.29) is 12.4 Å². The molecule has 0 unspecified atom stereocenters. The van der Waals surface area contributed by atoms with Gasteiger partial charge in [0.2, 0.25) is 0 Å². The van der Waals surface area contributed by atoms with Crippen molar-refractivity contribution in [1.29, 1.82) is 0 Å². The van der Waals surface area contributed by atoms with E-state index in [0.29, 0.717) is 12.2 Å². The fraction of sp³-hybridized carbons (Fsp3) is 1.00. The van der Waals surface area contributed by atoms with Crippen LogP contribution in [0.3, 0.4) is 0 Å². The lowest BCUT2D eigenvalue weighted by Gasteiger charge is -2.12. The molecule has 3 saturated heterocycles. The largest absolute Gasteiger partial charge is 0.364 e. The Morgan fingerprint density at radius 3 is 3.22 bits per heavy atom. The number of epoxide rings is 1. The first-order valence-electron chi connectivity index (χ1n) is 3.36. The molecule has 3 heterocycles. The van der Waals surface area contributed by atoms with Gasteiger partial charge in [-0.1, -0.05) is 0 Å². The smallest absolute Gasteiger partial charge is 0.186 e. The van der Waals surface area contributed by atoms with E-state index in [1.54, 1.807) is 0 Å². The molecule has 3 rings (SSSR count). The van der Waals surface area contributed by atoms with Crippen LogP contribution in [0.25, 0.3) is 0 Å². The highest BCUT2D eigenvalue weighted by Crippen LogP contribution is 2.40. The Morgan fingerprint density at radius 2 is 2.22 bits per heavy atom. The number of hydrogen-bond donors (Lipinski definition) is 0. The summed E-state index contributed by atoms with van der Waals surface area (Å²) in [6.07, 6.45) is 2.11. The molecule has 3 heteroatoms. The van der Waals surface area contributed by atoms with Gasteiger partial charge in [0, 0.05) is 6.42 Å². The van der Waals surface area contributed by atoms with Crippen molar-refractivity contribution in [3.05, 3.63) is 0 Å². The van der Waals surface area contributed by atoms with Crippen LogP contribution < -0.4 is 0 Å². The molecular weight excluding hydrogens is 120 g/mol. The first-order chi connectivity index (χ1) is 4.43. The third-order valence-electron chi connectivity index (χ3n) is 2.16. The van der Waals surface area contributed by atoms with E-state index in [9.17, 15) is 0 Å². The Labute approximate surface area is 52.9 Å². The van der Waals surface area contributed by atoms with Crippen molar-refractivity contribution in [3.63, 3.8) is 0 Å². The average molecular weight is 128 g/mol. The van der Waals surface area contributed by atoms with Crippen molar-refractivity contribution in [2.45, 2.75) is 31.0 Å². The summed E-state index contributed by atoms with van der Waals surface area (Å²) in [5.74, 6) is 0. The number of hydrogen-bond acceptors (Lipinski definition) is 3. The van der Waals surface area contributed by atoms with E-state index in [2.05, 4.69) is 0 Å². The summed E-state index contributed by atoms with van der Waals surface area (Å²) in [6, 6.07) is 0. The van der Waals surface area contributed by atoms with Crippen LogP contribution in [0, 0.1) is 0 Å². The molecule has 0 saturated carbocycles. The maximum Gasteiger partial charge on any atom is 0.186 e. The normalized spacial score (nSPS) is 61.3. The lowest BCUT2D eigenvalue weighted by atomic mass is 10.1. The number of fused-ring (bicyclic) bond motifs is 4. The van der Waals surface area contributed by atoms with Gasteiger partial charge in [-0.25, -0.2) is 0 Å². The third-order valence-corrected chi connectivity index (χ3v) is 2.16. The van der Waals surface area contributed by atoms with Gasteiger partial charge < -0.3 is 14.2 Å². The molecule has 3 aliphatic rings. The van der Waals surface area contributed by atoms with Crippen LogP contribution in [0.15, 0.2) is 0 Å². The third kappa shape index (κ3) is 0.520. The molecule has 3 nitrogen and oxygen atoms in total. The van der Waals surface area contributed by atoms with Gasteiger partial charge in [-0.2, -0.15) is 0 Å². The molecule has 3 aliphatic heterocycles. The van der Waals surface area contributed by atoms with Gasteiger partial charge in [0.15, 0.2) is 6.29 Å². The first kappa shape index (κ1) is 4.66. The summed E-state index contributed by atoms with van der Waals surface area (Å²) in [5, 5.41) is 0. The number of rotatable bonds is 0. The van der Waals surface area contributed by atoms with Gasteiger partial charge in [0.25, 0.3) is 0 Å². The summed E-state index contributed by atoms with van der Waals surface area (Å²) in [4.78, 5) is 0. The molecule has 2 bridgehead atoms. The van der Waals surface area contributed by atoms with E-state index in [4.69, 9.17) is 14.2 Å². The second-order valence-electron chi connectivity index (χ2n) is 2.83.